The van der Waals surface area contributed by atoms with E-state index in [1.807, 2.05) is 13.1 Å². The number of fused-ring (bicyclic) bond motifs is 1. The third-order valence-electron chi connectivity index (χ3n) is 3.93. The van der Waals surface area contributed by atoms with E-state index in [9.17, 15) is 0 Å². The molecule has 1 N–H and O–H groups in total. The van der Waals surface area contributed by atoms with Gasteiger partial charge >= 0.3 is 0 Å². The van der Waals surface area contributed by atoms with Crippen LogP contribution in [0, 0.1) is 6.92 Å². The van der Waals surface area contributed by atoms with Crippen LogP contribution in [0.25, 0.3) is 0 Å². The minimum absolute atomic E-state index is 0.0529. The SMILES string of the molecule is CCn1ncc2c1CCCC2NC(C)c1nc(C)no1. The molecule has 0 fully saturated rings. The predicted octanol–water partition coefficient (Wildman–Crippen LogP) is 2.32. The summed E-state index contributed by atoms with van der Waals surface area (Å²) in [4.78, 5) is 4.29. The molecule has 3 rings (SSSR count). The van der Waals surface area contributed by atoms with Crippen LogP contribution in [0.3, 0.4) is 0 Å². The van der Waals surface area contributed by atoms with Gasteiger partial charge in [-0.05, 0) is 40.0 Å². The number of aromatic nitrogens is 4. The second-order valence-corrected chi connectivity index (χ2v) is 5.38. The predicted molar refractivity (Wildman–Crippen MR) is 74.2 cm³/mol. The normalized spacial score (nSPS) is 19.9. The zero-order chi connectivity index (χ0) is 14.1. The van der Waals surface area contributed by atoms with Crippen molar-refractivity contribution in [3.63, 3.8) is 0 Å². The summed E-state index contributed by atoms with van der Waals surface area (Å²) in [5.41, 5.74) is 2.69. The average Bonchev–Trinajstić information content (AvgIpc) is 3.05. The van der Waals surface area contributed by atoms with E-state index in [2.05, 4.69) is 39.1 Å². The Morgan fingerprint density at radius 1 is 1.55 bits per heavy atom. The van der Waals surface area contributed by atoms with Crippen molar-refractivity contribution in [3.05, 3.63) is 29.2 Å². The molecule has 0 radical (unpaired) electrons. The maximum atomic E-state index is 5.24. The van der Waals surface area contributed by atoms with E-state index in [4.69, 9.17) is 4.52 Å². The lowest BCUT2D eigenvalue weighted by atomic mass is 9.92. The molecule has 6 heteroatoms. The highest BCUT2D eigenvalue weighted by Gasteiger charge is 2.26. The van der Waals surface area contributed by atoms with Gasteiger partial charge in [0.1, 0.15) is 0 Å². The lowest BCUT2D eigenvalue weighted by Gasteiger charge is -2.26. The second kappa shape index (κ2) is 5.36. The summed E-state index contributed by atoms with van der Waals surface area (Å²) in [6.45, 7) is 6.96. The van der Waals surface area contributed by atoms with Crippen LogP contribution < -0.4 is 5.32 Å². The molecular weight excluding hydrogens is 254 g/mol. The van der Waals surface area contributed by atoms with Crippen molar-refractivity contribution in [2.45, 2.75) is 58.7 Å². The molecule has 2 unspecified atom stereocenters. The number of rotatable bonds is 4. The third-order valence-corrected chi connectivity index (χ3v) is 3.93. The monoisotopic (exact) mass is 275 g/mol. The molecule has 0 spiro atoms. The Balaban J connectivity index is 1.77. The first kappa shape index (κ1) is 13.3. The van der Waals surface area contributed by atoms with Gasteiger partial charge in [-0.25, -0.2) is 0 Å². The molecule has 20 heavy (non-hydrogen) atoms. The van der Waals surface area contributed by atoms with Crippen LogP contribution in [0.4, 0.5) is 0 Å². The lowest BCUT2D eigenvalue weighted by Crippen LogP contribution is -2.28. The molecule has 108 valence electrons. The Kier molecular flexibility index (Phi) is 3.56. The largest absolute Gasteiger partial charge is 0.338 e. The fourth-order valence-corrected chi connectivity index (χ4v) is 2.93. The van der Waals surface area contributed by atoms with Gasteiger partial charge in [0.2, 0.25) is 5.89 Å². The van der Waals surface area contributed by atoms with Gasteiger partial charge in [0.15, 0.2) is 5.82 Å². The van der Waals surface area contributed by atoms with Crippen LogP contribution in [-0.2, 0) is 13.0 Å². The van der Waals surface area contributed by atoms with Crippen molar-refractivity contribution < 1.29 is 4.52 Å². The third kappa shape index (κ3) is 2.35. The highest BCUT2D eigenvalue weighted by Crippen LogP contribution is 2.31. The van der Waals surface area contributed by atoms with Gasteiger partial charge in [0.25, 0.3) is 0 Å². The van der Waals surface area contributed by atoms with Gasteiger partial charge in [0, 0.05) is 23.8 Å². The molecule has 2 aromatic rings. The topological polar surface area (TPSA) is 68.8 Å². The van der Waals surface area contributed by atoms with E-state index in [0.717, 1.165) is 19.4 Å². The summed E-state index contributed by atoms with van der Waals surface area (Å²) in [5.74, 6) is 1.33. The first-order valence-electron chi connectivity index (χ1n) is 7.30. The maximum absolute atomic E-state index is 5.24. The highest BCUT2D eigenvalue weighted by atomic mass is 16.5. The molecule has 2 aromatic heterocycles. The molecular formula is C14H21N5O. The van der Waals surface area contributed by atoms with Crippen molar-refractivity contribution in [1.82, 2.24) is 25.2 Å². The van der Waals surface area contributed by atoms with Crippen LogP contribution in [0.1, 0.15) is 61.7 Å². The van der Waals surface area contributed by atoms with Crippen LogP contribution in [0.2, 0.25) is 0 Å². The van der Waals surface area contributed by atoms with Gasteiger partial charge in [-0.15, -0.1) is 0 Å². The van der Waals surface area contributed by atoms with Crippen LogP contribution in [0.15, 0.2) is 10.7 Å². The number of nitrogens with zero attached hydrogens (tertiary/aromatic N) is 4. The van der Waals surface area contributed by atoms with E-state index < -0.39 is 0 Å². The van der Waals surface area contributed by atoms with Gasteiger partial charge in [0.05, 0.1) is 12.2 Å². The molecule has 0 aliphatic heterocycles. The standard InChI is InChI=1S/C14H21N5O/c1-4-19-13-7-5-6-12(11(13)8-15-19)16-9(2)14-17-10(3)18-20-14/h8-9,12,16H,4-7H2,1-3H3. The molecule has 2 atom stereocenters. The smallest absolute Gasteiger partial charge is 0.243 e. The summed E-state index contributed by atoms with van der Waals surface area (Å²) in [5, 5.41) is 11.9. The average molecular weight is 275 g/mol. The van der Waals surface area contributed by atoms with Crippen LogP contribution in [-0.4, -0.2) is 19.9 Å². The molecule has 1 aliphatic rings. The molecule has 0 aromatic carbocycles. The zero-order valence-electron chi connectivity index (χ0n) is 12.3. The van der Waals surface area contributed by atoms with Gasteiger partial charge in [-0.2, -0.15) is 10.1 Å². The summed E-state index contributed by atoms with van der Waals surface area (Å²) >= 11 is 0. The van der Waals surface area contributed by atoms with Crippen molar-refractivity contribution in [2.24, 2.45) is 0 Å². The fourth-order valence-electron chi connectivity index (χ4n) is 2.93. The van der Waals surface area contributed by atoms with E-state index in [-0.39, 0.29) is 6.04 Å². The van der Waals surface area contributed by atoms with Crippen molar-refractivity contribution >= 4 is 0 Å². The van der Waals surface area contributed by atoms with Gasteiger partial charge in [-0.3, -0.25) is 10.00 Å². The van der Waals surface area contributed by atoms with E-state index in [1.165, 1.54) is 17.7 Å². The van der Waals surface area contributed by atoms with Gasteiger partial charge in [-0.1, -0.05) is 5.16 Å². The van der Waals surface area contributed by atoms with Crippen molar-refractivity contribution in [2.75, 3.05) is 0 Å². The quantitative estimate of drug-likeness (QED) is 0.927. The maximum Gasteiger partial charge on any atom is 0.243 e. The summed E-state index contributed by atoms with van der Waals surface area (Å²) in [6, 6.07) is 0.374. The Morgan fingerprint density at radius 2 is 2.40 bits per heavy atom. The Labute approximate surface area is 118 Å². The molecule has 0 saturated heterocycles. The van der Waals surface area contributed by atoms with E-state index in [0.29, 0.717) is 17.8 Å². The highest BCUT2D eigenvalue weighted by molar-refractivity contribution is 5.25. The summed E-state index contributed by atoms with van der Waals surface area (Å²) < 4.78 is 7.34. The van der Waals surface area contributed by atoms with E-state index >= 15 is 0 Å². The Hall–Kier alpha value is -1.69. The zero-order valence-corrected chi connectivity index (χ0v) is 12.3. The van der Waals surface area contributed by atoms with Gasteiger partial charge < -0.3 is 4.52 Å². The van der Waals surface area contributed by atoms with Crippen LogP contribution in [0.5, 0.6) is 0 Å². The first-order valence-corrected chi connectivity index (χ1v) is 7.30. The van der Waals surface area contributed by atoms with Crippen LogP contribution >= 0.6 is 0 Å². The number of hydrogen-bond donors (Lipinski definition) is 1. The number of hydrogen-bond acceptors (Lipinski definition) is 5. The molecule has 0 bridgehead atoms. The Bertz CT molecular complexity index is 588. The molecule has 2 heterocycles. The summed E-state index contributed by atoms with van der Waals surface area (Å²) in [6.07, 6.45) is 5.43. The van der Waals surface area contributed by atoms with E-state index in [1.54, 1.807) is 0 Å². The molecule has 0 saturated carbocycles. The fraction of sp³-hybridized carbons (Fsp3) is 0.643. The number of aryl methyl sites for hydroxylation is 2. The summed E-state index contributed by atoms with van der Waals surface area (Å²) in [7, 11) is 0. The molecule has 0 amide bonds. The molecule has 1 aliphatic carbocycles. The van der Waals surface area contributed by atoms with Crippen molar-refractivity contribution in [1.29, 1.82) is 0 Å². The molecule has 6 nitrogen and oxygen atoms in total. The first-order chi connectivity index (χ1) is 9.69. The second-order valence-electron chi connectivity index (χ2n) is 5.38. The minimum atomic E-state index is 0.0529. The number of nitrogens with one attached hydrogen (secondary N) is 1. The van der Waals surface area contributed by atoms with Crippen molar-refractivity contribution in [3.8, 4) is 0 Å². The lowest BCUT2D eigenvalue weighted by molar-refractivity contribution is 0.312. The Morgan fingerprint density at radius 3 is 3.10 bits per heavy atom. The minimum Gasteiger partial charge on any atom is -0.338 e.